The first kappa shape index (κ1) is 20.1. The Hall–Kier alpha value is -1.21. The summed E-state index contributed by atoms with van der Waals surface area (Å²) in [5.74, 6) is -4.90. The number of nitrogens with one attached hydrogen (secondary N) is 1. The minimum atomic E-state index is -4.66. The summed E-state index contributed by atoms with van der Waals surface area (Å²) < 4.78 is 66.8. The van der Waals surface area contributed by atoms with Crippen LogP contribution in [0.5, 0.6) is 0 Å². The molecule has 0 spiro atoms. The van der Waals surface area contributed by atoms with Gasteiger partial charge in [-0.3, -0.25) is 13.8 Å². The summed E-state index contributed by atoms with van der Waals surface area (Å²) in [5.41, 5.74) is -2.71. The molecule has 2 rings (SSSR count). The monoisotopic (exact) mass is 392 g/mol. The molecule has 14 heteroatoms. The first-order valence-electron chi connectivity index (χ1n) is 6.76. The number of ether oxygens (including phenoxy) is 1. The van der Waals surface area contributed by atoms with Crippen molar-refractivity contribution >= 4 is 13.7 Å². The zero-order chi connectivity index (χ0) is 19.0. The van der Waals surface area contributed by atoms with Crippen LogP contribution < -0.4 is 5.32 Å². The number of amides is 1. The Bertz CT molecular complexity index is 608. The van der Waals surface area contributed by atoms with Gasteiger partial charge in [-0.1, -0.05) is 0 Å². The highest BCUT2D eigenvalue weighted by molar-refractivity contribution is 7.47. The number of carbonyl (C=O) groups excluding carboxylic acids is 1. The van der Waals surface area contributed by atoms with Gasteiger partial charge >= 0.3 is 13.7 Å². The van der Waals surface area contributed by atoms with E-state index in [-0.39, 0.29) is 0 Å². The van der Waals surface area contributed by atoms with Gasteiger partial charge in [0.15, 0.2) is 11.7 Å². The van der Waals surface area contributed by atoms with Crippen LogP contribution in [0.3, 0.4) is 0 Å². The Kier molecular flexibility index (Phi) is 5.50. The molecule has 0 aromatic heterocycles. The first-order chi connectivity index (χ1) is 11.5. The van der Waals surface area contributed by atoms with Crippen LogP contribution in [0.25, 0.3) is 0 Å². The van der Waals surface area contributed by atoms with Gasteiger partial charge < -0.3 is 30.1 Å². The lowest BCUT2D eigenvalue weighted by atomic mass is 9.97. The second kappa shape index (κ2) is 6.83. The normalized spacial score (nSPS) is 37.0. The molecular weight excluding hydrogens is 376 g/mol. The quantitative estimate of drug-likeness (QED) is 0.421. The van der Waals surface area contributed by atoms with Crippen LogP contribution in [0.1, 0.15) is 0 Å². The Morgan fingerprint density at radius 1 is 1.48 bits per heavy atom. The van der Waals surface area contributed by atoms with Crippen molar-refractivity contribution < 1.29 is 51.4 Å². The van der Waals surface area contributed by atoms with Crippen LogP contribution in [-0.2, 0) is 23.1 Å². The molecule has 5 atom stereocenters. The number of hydrogen-bond donors (Lipinski definition) is 4. The molecule has 0 bridgehead atoms. The molecule has 1 amide bonds. The molecular formula is C11H16F3N2O8P. The molecule has 0 saturated carbocycles. The molecule has 5 unspecified atom stereocenters. The standard InChI is InChI=1S/C11H16F3N2O8P/c1-22-25(20,21)23-5-10(4-12)7(18)11(13,14)8(24-10)16-3-2-6(17)15-9(16)19/h2-3,7-9,18-19H,4-5H2,1H3,(H,15,17)(H,20,21). The highest BCUT2D eigenvalue weighted by atomic mass is 31.2. The average Bonchev–Trinajstić information content (AvgIpc) is 2.74. The SMILES string of the molecule is COP(=O)(O)OCC1(CF)OC(N2C=CC(=O)NC2O)C(F)(F)C1O. The molecule has 144 valence electrons. The Morgan fingerprint density at radius 3 is 2.64 bits per heavy atom. The molecule has 4 N–H and O–H groups in total. The van der Waals surface area contributed by atoms with Gasteiger partial charge in [-0.25, -0.2) is 8.96 Å². The third kappa shape index (κ3) is 3.67. The molecule has 25 heavy (non-hydrogen) atoms. The van der Waals surface area contributed by atoms with Crippen LogP contribution in [0.4, 0.5) is 13.2 Å². The summed E-state index contributed by atoms with van der Waals surface area (Å²) in [6.07, 6.45) is -5.54. The smallest absolute Gasteiger partial charge is 0.383 e. The minimum absolute atomic E-state index is 0.441. The van der Waals surface area contributed by atoms with Gasteiger partial charge in [-0.15, -0.1) is 0 Å². The van der Waals surface area contributed by atoms with Crippen LogP contribution in [0.15, 0.2) is 12.3 Å². The van der Waals surface area contributed by atoms with Crippen molar-refractivity contribution in [2.45, 2.75) is 30.2 Å². The fraction of sp³-hybridized carbons (Fsp3) is 0.727. The van der Waals surface area contributed by atoms with Gasteiger partial charge in [0, 0.05) is 19.4 Å². The highest BCUT2D eigenvalue weighted by Crippen LogP contribution is 2.49. The number of nitrogens with zero attached hydrogens (tertiary/aromatic N) is 1. The Morgan fingerprint density at radius 2 is 2.12 bits per heavy atom. The first-order valence-corrected chi connectivity index (χ1v) is 8.25. The molecule has 0 aromatic rings. The van der Waals surface area contributed by atoms with E-state index in [1.54, 1.807) is 0 Å². The topological polar surface area (TPSA) is 138 Å². The number of aliphatic hydroxyl groups excluding tert-OH is 2. The van der Waals surface area contributed by atoms with Crippen molar-refractivity contribution in [1.82, 2.24) is 10.2 Å². The van der Waals surface area contributed by atoms with Gasteiger partial charge in [-0.2, -0.15) is 8.78 Å². The summed E-state index contributed by atoms with van der Waals surface area (Å²) in [6, 6.07) is 0. The van der Waals surface area contributed by atoms with Gasteiger partial charge in [0.25, 0.3) is 0 Å². The second-order valence-corrected chi connectivity index (χ2v) is 6.88. The number of hydrogen-bond acceptors (Lipinski definition) is 8. The van der Waals surface area contributed by atoms with E-state index >= 15 is 0 Å². The van der Waals surface area contributed by atoms with E-state index in [9.17, 15) is 32.7 Å². The van der Waals surface area contributed by atoms with E-state index in [0.29, 0.717) is 4.90 Å². The maximum absolute atomic E-state index is 14.4. The number of phosphoric ester groups is 1. The van der Waals surface area contributed by atoms with E-state index in [1.807, 2.05) is 5.32 Å². The second-order valence-electron chi connectivity index (χ2n) is 5.32. The lowest BCUT2D eigenvalue weighted by Crippen LogP contribution is -2.57. The van der Waals surface area contributed by atoms with Crippen LogP contribution in [-0.4, -0.2) is 76.5 Å². The van der Waals surface area contributed by atoms with Crippen molar-refractivity contribution in [3.8, 4) is 0 Å². The predicted molar refractivity (Wildman–Crippen MR) is 72.4 cm³/mol. The van der Waals surface area contributed by atoms with E-state index in [4.69, 9.17) is 9.63 Å². The number of phosphoric acid groups is 1. The molecule has 0 aliphatic carbocycles. The largest absolute Gasteiger partial charge is 0.472 e. The van der Waals surface area contributed by atoms with E-state index in [0.717, 1.165) is 19.4 Å². The maximum Gasteiger partial charge on any atom is 0.472 e. The van der Waals surface area contributed by atoms with Crippen LogP contribution >= 0.6 is 7.82 Å². The van der Waals surface area contributed by atoms with Crippen molar-refractivity contribution in [2.24, 2.45) is 0 Å². The van der Waals surface area contributed by atoms with Gasteiger partial charge in [-0.05, 0) is 0 Å². The molecule has 2 heterocycles. The molecule has 2 aliphatic heterocycles. The van der Waals surface area contributed by atoms with Crippen molar-refractivity contribution in [3.05, 3.63) is 12.3 Å². The molecule has 1 fully saturated rings. The Labute approximate surface area is 139 Å². The van der Waals surface area contributed by atoms with Gasteiger partial charge in [0.05, 0.1) is 6.61 Å². The van der Waals surface area contributed by atoms with E-state index < -0.39 is 57.2 Å². The number of alkyl halides is 3. The third-order valence-corrected chi connectivity index (χ3v) is 4.61. The number of rotatable bonds is 6. The fourth-order valence-electron chi connectivity index (χ4n) is 2.30. The molecule has 0 aromatic carbocycles. The summed E-state index contributed by atoms with van der Waals surface area (Å²) in [5, 5.41) is 21.4. The lowest BCUT2D eigenvalue weighted by molar-refractivity contribution is -0.203. The molecule has 1 saturated heterocycles. The van der Waals surface area contributed by atoms with E-state index in [1.165, 1.54) is 0 Å². The summed E-state index contributed by atoms with van der Waals surface area (Å²) >= 11 is 0. The number of aliphatic hydroxyl groups is 2. The van der Waals surface area contributed by atoms with Crippen molar-refractivity contribution in [1.29, 1.82) is 0 Å². The van der Waals surface area contributed by atoms with E-state index in [2.05, 4.69) is 9.05 Å². The maximum atomic E-state index is 14.4. The summed E-state index contributed by atoms with van der Waals surface area (Å²) in [7, 11) is -3.86. The van der Waals surface area contributed by atoms with Gasteiger partial charge in [0.2, 0.25) is 18.5 Å². The van der Waals surface area contributed by atoms with Crippen molar-refractivity contribution in [2.75, 3.05) is 20.4 Å². The zero-order valence-corrected chi connectivity index (χ0v) is 13.6. The number of halogens is 3. The lowest BCUT2D eigenvalue weighted by Gasteiger charge is -2.36. The zero-order valence-electron chi connectivity index (χ0n) is 12.7. The Balaban J connectivity index is 2.28. The fourth-order valence-corrected chi connectivity index (χ4v) is 2.79. The average molecular weight is 392 g/mol. The predicted octanol–water partition coefficient (Wildman–Crippen LogP) is -0.968. The third-order valence-electron chi connectivity index (χ3n) is 3.69. The minimum Gasteiger partial charge on any atom is -0.383 e. The summed E-state index contributed by atoms with van der Waals surface area (Å²) in [4.78, 5) is 20.7. The molecule has 2 aliphatic rings. The van der Waals surface area contributed by atoms with Crippen LogP contribution in [0.2, 0.25) is 0 Å². The van der Waals surface area contributed by atoms with Crippen molar-refractivity contribution in [3.63, 3.8) is 0 Å². The number of carbonyl (C=O) groups is 1. The molecule has 0 radical (unpaired) electrons. The van der Waals surface area contributed by atoms with Gasteiger partial charge in [0.1, 0.15) is 6.67 Å². The van der Waals surface area contributed by atoms with Crippen LogP contribution in [0, 0.1) is 0 Å². The summed E-state index contributed by atoms with van der Waals surface area (Å²) in [6.45, 7) is -2.94. The molecule has 10 nitrogen and oxygen atoms in total. The highest BCUT2D eigenvalue weighted by Gasteiger charge is 2.68.